The zero-order valence-electron chi connectivity index (χ0n) is 22.4. The summed E-state index contributed by atoms with van der Waals surface area (Å²) in [6.07, 6.45) is 4.33. The molecule has 3 spiro atoms. The van der Waals surface area contributed by atoms with Crippen molar-refractivity contribution in [3.05, 3.63) is 36.0 Å². The highest BCUT2D eigenvalue weighted by Gasteiger charge is 2.83. The van der Waals surface area contributed by atoms with Crippen molar-refractivity contribution in [2.75, 3.05) is 19.8 Å². The Kier molecular flexibility index (Phi) is 5.14. The normalized spacial score (nSPS) is 57.6. The third-order valence-corrected chi connectivity index (χ3v) is 11.3. The maximum absolute atomic E-state index is 13.7. The van der Waals surface area contributed by atoms with Gasteiger partial charge in [-0.1, -0.05) is 30.7 Å². The summed E-state index contributed by atoms with van der Waals surface area (Å²) < 4.78 is 42.8. The van der Waals surface area contributed by atoms with Gasteiger partial charge in [0.15, 0.2) is 12.4 Å². The molecular formula is C29H34O11. The first kappa shape index (κ1) is 25.6. The minimum absolute atomic E-state index is 0.0345. The van der Waals surface area contributed by atoms with E-state index in [9.17, 15) is 19.8 Å². The Morgan fingerprint density at radius 2 is 1.85 bits per heavy atom. The van der Waals surface area contributed by atoms with Crippen LogP contribution in [0.25, 0.3) is 0 Å². The van der Waals surface area contributed by atoms with Gasteiger partial charge in [0.1, 0.15) is 41.7 Å². The molecule has 0 aromatic heterocycles. The monoisotopic (exact) mass is 558 g/mol. The second kappa shape index (κ2) is 8.03. The van der Waals surface area contributed by atoms with E-state index in [1.54, 1.807) is 12.2 Å². The van der Waals surface area contributed by atoms with Crippen LogP contribution in [-0.2, 0) is 42.7 Å². The molecule has 40 heavy (non-hydrogen) atoms. The first-order valence-corrected chi connectivity index (χ1v) is 14.2. The van der Waals surface area contributed by atoms with Crippen molar-refractivity contribution in [1.82, 2.24) is 0 Å². The summed E-state index contributed by atoms with van der Waals surface area (Å²) in [5.74, 6) is -1.07. The number of rotatable bonds is 0. The van der Waals surface area contributed by atoms with Crippen LogP contribution in [0, 0.1) is 10.8 Å². The molecule has 0 radical (unpaired) electrons. The van der Waals surface area contributed by atoms with Crippen molar-refractivity contribution >= 4 is 11.9 Å². The van der Waals surface area contributed by atoms with Gasteiger partial charge in [-0.15, -0.1) is 0 Å². The number of cyclic esters (lactones) is 1. The van der Waals surface area contributed by atoms with Crippen molar-refractivity contribution < 1.29 is 53.0 Å². The lowest BCUT2D eigenvalue weighted by Gasteiger charge is -2.58. The van der Waals surface area contributed by atoms with Gasteiger partial charge in [0.25, 0.3) is 0 Å². The topological polar surface area (TPSA) is 146 Å². The molecule has 11 nitrogen and oxygen atoms in total. The molecule has 8 aliphatic rings. The Hall–Kier alpha value is -2.12. The molecule has 12 atom stereocenters. The van der Waals surface area contributed by atoms with Crippen LogP contribution in [0.5, 0.6) is 0 Å². The fourth-order valence-corrected chi connectivity index (χ4v) is 8.86. The molecular weight excluding hydrogens is 524 g/mol. The average molecular weight is 559 g/mol. The predicted molar refractivity (Wildman–Crippen MR) is 132 cm³/mol. The largest absolute Gasteiger partial charge is 0.463 e. The summed E-state index contributed by atoms with van der Waals surface area (Å²) in [6, 6.07) is 0. The van der Waals surface area contributed by atoms with Crippen LogP contribution in [0.1, 0.15) is 39.5 Å². The van der Waals surface area contributed by atoms with Gasteiger partial charge >= 0.3 is 11.9 Å². The maximum Gasteiger partial charge on any atom is 0.338 e. The summed E-state index contributed by atoms with van der Waals surface area (Å²) in [7, 11) is 0. The molecule has 5 saturated heterocycles. The fraction of sp³-hybridized carbons (Fsp3) is 0.724. The van der Waals surface area contributed by atoms with E-state index in [2.05, 4.69) is 19.9 Å². The number of hydrogen-bond acceptors (Lipinski definition) is 11. The van der Waals surface area contributed by atoms with Gasteiger partial charge in [-0.05, 0) is 25.8 Å². The lowest BCUT2D eigenvalue weighted by molar-refractivity contribution is -0.233. The van der Waals surface area contributed by atoms with Gasteiger partial charge in [0.05, 0.1) is 30.8 Å². The van der Waals surface area contributed by atoms with Gasteiger partial charge < -0.3 is 43.4 Å². The molecule has 11 heteroatoms. The van der Waals surface area contributed by atoms with Gasteiger partial charge in [-0.3, -0.25) is 0 Å². The molecule has 2 aliphatic carbocycles. The lowest BCUT2D eigenvalue weighted by atomic mass is 9.51. The molecule has 216 valence electrons. The van der Waals surface area contributed by atoms with E-state index in [1.165, 1.54) is 17.7 Å². The van der Waals surface area contributed by atoms with Crippen LogP contribution in [0.3, 0.4) is 0 Å². The number of epoxide rings is 2. The molecule has 2 N–H and O–H groups in total. The summed E-state index contributed by atoms with van der Waals surface area (Å²) in [6.45, 7) is 4.85. The highest BCUT2D eigenvalue weighted by atomic mass is 16.7. The third kappa shape index (κ3) is 2.94. The molecule has 4 bridgehead atoms. The second-order valence-corrected chi connectivity index (χ2v) is 12.8. The minimum atomic E-state index is -1.54. The van der Waals surface area contributed by atoms with Crippen molar-refractivity contribution in [1.29, 1.82) is 0 Å². The van der Waals surface area contributed by atoms with Gasteiger partial charge in [-0.25, -0.2) is 9.59 Å². The standard InChI is InChI=1S/C29H34O11/c1-15-6-8-26-13-34-23(33)21-28(40-21)9-10-35-27(20(31)22(32)39-24(27)28)7-4-3-5-19(30)38-16-12-18(37-17(26)11-15)29(14-36-29)25(16,26)2/h3-5,7,11,16-18,20-22,24,31-32H,6,8-10,12-14H2,1-2H3/b5-3-,7-4+/t16-,17?,18-,20?,21?,22?,24?,25-,26?,27?,28?,29+/m1/s1. The second-order valence-electron chi connectivity index (χ2n) is 12.8. The maximum atomic E-state index is 13.7. The molecule has 8 rings (SSSR count). The minimum Gasteiger partial charge on any atom is -0.463 e. The molecule has 1 saturated carbocycles. The molecule has 0 aromatic rings. The third-order valence-electron chi connectivity index (χ3n) is 11.3. The summed E-state index contributed by atoms with van der Waals surface area (Å²) in [4.78, 5) is 26.8. The zero-order valence-corrected chi connectivity index (χ0v) is 22.4. The lowest BCUT2D eigenvalue weighted by Crippen LogP contribution is -2.67. The van der Waals surface area contributed by atoms with Crippen molar-refractivity contribution in [3.63, 3.8) is 0 Å². The Labute approximate surface area is 231 Å². The van der Waals surface area contributed by atoms with Crippen LogP contribution in [0.2, 0.25) is 0 Å². The van der Waals surface area contributed by atoms with E-state index in [4.69, 9.17) is 33.2 Å². The Bertz CT molecular complexity index is 1250. The van der Waals surface area contributed by atoms with Crippen molar-refractivity contribution in [2.24, 2.45) is 10.8 Å². The van der Waals surface area contributed by atoms with E-state index < -0.39 is 70.3 Å². The molecule has 6 aliphatic heterocycles. The van der Waals surface area contributed by atoms with Gasteiger partial charge in [0, 0.05) is 24.3 Å². The number of carbonyl (C=O) groups is 2. The smallest absolute Gasteiger partial charge is 0.338 e. The van der Waals surface area contributed by atoms with Crippen LogP contribution >= 0.6 is 0 Å². The number of hydrogen-bond donors (Lipinski definition) is 2. The van der Waals surface area contributed by atoms with Crippen molar-refractivity contribution in [2.45, 2.75) is 99.2 Å². The van der Waals surface area contributed by atoms with Crippen LogP contribution in [-0.4, -0.2) is 102 Å². The Morgan fingerprint density at radius 1 is 1.02 bits per heavy atom. The van der Waals surface area contributed by atoms with E-state index in [-0.39, 0.29) is 25.4 Å². The predicted octanol–water partition coefficient (Wildman–Crippen LogP) is 0.615. The summed E-state index contributed by atoms with van der Waals surface area (Å²) in [5, 5.41) is 21.3. The number of ether oxygens (including phenoxy) is 7. The molecule has 6 fully saturated rings. The zero-order chi connectivity index (χ0) is 27.7. The highest BCUT2D eigenvalue weighted by Crippen LogP contribution is 2.72. The van der Waals surface area contributed by atoms with Crippen LogP contribution in [0.15, 0.2) is 36.0 Å². The first-order valence-electron chi connectivity index (χ1n) is 14.2. The summed E-state index contributed by atoms with van der Waals surface area (Å²) >= 11 is 0. The molecule has 8 unspecified atom stereocenters. The van der Waals surface area contributed by atoms with Crippen molar-refractivity contribution in [3.8, 4) is 0 Å². The van der Waals surface area contributed by atoms with Crippen LogP contribution in [0.4, 0.5) is 0 Å². The summed E-state index contributed by atoms with van der Waals surface area (Å²) in [5.41, 5.74) is -3.37. The highest BCUT2D eigenvalue weighted by molar-refractivity contribution is 5.82. The number of aliphatic hydroxyl groups is 2. The van der Waals surface area contributed by atoms with Gasteiger partial charge in [-0.2, -0.15) is 0 Å². The van der Waals surface area contributed by atoms with E-state index in [1.807, 2.05) is 0 Å². The van der Waals surface area contributed by atoms with E-state index in [0.717, 1.165) is 6.42 Å². The molecule has 0 aromatic carbocycles. The quantitative estimate of drug-likeness (QED) is 0.245. The number of carbonyl (C=O) groups excluding carboxylic acids is 2. The van der Waals surface area contributed by atoms with E-state index in [0.29, 0.717) is 25.9 Å². The average Bonchev–Trinajstić information content (AvgIpc) is 3.83. The van der Waals surface area contributed by atoms with Crippen LogP contribution < -0.4 is 0 Å². The first-order chi connectivity index (χ1) is 19.1. The number of esters is 2. The number of aliphatic hydroxyl groups excluding tert-OH is 2. The molecule has 0 amide bonds. The SMILES string of the molecule is CC1=CC2O[C@@H]3C[C@H]4OC(=O)/C=C\C=C\C56OCCC7(OC7C(=O)OCC2(CC1)[C@]4(C)[C@]31CO1)C5OC(O)C6O. The fourth-order valence-electron chi connectivity index (χ4n) is 8.86. The number of allylic oxidation sites excluding steroid dienone is 3. The molecule has 6 heterocycles. The van der Waals surface area contributed by atoms with E-state index >= 15 is 0 Å². The Balaban J connectivity index is 1.22. The Morgan fingerprint density at radius 3 is 2.65 bits per heavy atom. The van der Waals surface area contributed by atoms with Gasteiger partial charge in [0.2, 0.25) is 0 Å².